The van der Waals surface area contributed by atoms with Gasteiger partial charge in [0.25, 0.3) is 0 Å². The van der Waals surface area contributed by atoms with Crippen molar-refractivity contribution < 1.29 is 4.39 Å². The van der Waals surface area contributed by atoms with E-state index in [-0.39, 0.29) is 18.0 Å². The van der Waals surface area contributed by atoms with Gasteiger partial charge in [-0.2, -0.15) is 0 Å². The van der Waals surface area contributed by atoms with Gasteiger partial charge in [-0.25, -0.2) is 4.39 Å². The molecule has 19 aromatic rings. The van der Waals surface area contributed by atoms with Crippen molar-refractivity contribution in [1.29, 1.82) is 0 Å². The number of aromatic nitrogens is 4. The minimum atomic E-state index is -0.338. The molecule has 0 aliphatic carbocycles. The topological polar surface area (TPSA) is 43.8 Å². The monoisotopic (exact) mass is 1240 g/mol. The lowest BCUT2D eigenvalue weighted by Gasteiger charge is -2.37. The van der Waals surface area contributed by atoms with Crippen molar-refractivity contribution in [1.82, 2.24) is 23.6 Å². The molecule has 20 rings (SSSR count). The van der Waals surface area contributed by atoms with Gasteiger partial charge < -0.3 is 23.6 Å². The molecule has 4 aromatic heterocycles. The maximum atomic E-state index is 14.9. The van der Waals surface area contributed by atoms with E-state index < -0.39 is 0 Å². The highest BCUT2D eigenvalue weighted by molar-refractivity contribution is 6.24. The largest absolute Gasteiger partial charge is 0.366 e. The lowest BCUT2D eigenvalue weighted by molar-refractivity contribution is 0.509. The summed E-state index contributed by atoms with van der Waals surface area (Å²) < 4.78 is 24.8. The van der Waals surface area contributed by atoms with Crippen LogP contribution >= 0.6 is 0 Å². The first-order chi connectivity index (χ1) is 48.1. The molecule has 2 atom stereocenters. The molecule has 0 saturated heterocycles. The highest BCUT2D eigenvalue weighted by Crippen LogP contribution is 2.49. The van der Waals surface area contributed by atoms with Crippen molar-refractivity contribution in [3.63, 3.8) is 0 Å². The van der Waals surface area contributed by atoms with E-state index in [1.807, 2.05) is 6.07 Å². The summed E-state index contributed by atoms with van der Waals surface area (Å²) in [6.07, 6.45) is -0.336. The zero-order valence-corrected chi connectivity index (χ0v) is 52.6. The second-order valence-electron chi connectivity index (χ2n) is 25.7. The lowest BCUT2D eigenvalue weighted by atomic mass is 9.88. The van der Waals surface area contributed by atoms with Gasteiger partial charge in [-0.3, -0.25) is 5.32 Å². The van der Waals surface area contributed by atoms with E-state index in [9.17, 15) is 4.39 Å². The Bertz CT molecular complexity index is 6130. The van der Waals surface area contributed by atoms with E-state index in [0.29, 0.717) is 0 Å². The summed E-state index contributed by atoms with van der Waals surface area (Å²) in [6.45, 7) is 0. The second-order valence-corrected chi connectivity index (χ2v) is 25.7. The molecule has 2 N–H and O–H groups in total. The van der Waals surface area contributed by atoms with Crippen LogP contribution in [0.15, 0.2) is 334 Å². The number of nitrogens with one attached hydrogen (secondary N) is 2. The molecular weight excluding hydrogens is 1180 g/mol. The molecule has 2 unspecified atom stereocenters. The molecule has 7 heteroatoms. The minimum absolute atomic E-state index is 0.263. The predicted molar refractivity (Wildman–Crippen MR) is 402 cm³/mol. The average molecular weight is 1240 g/mol. The standard InChI is InChI=1S/C90H59FN6/c91-61-27-18-25-58(52-61)57-24-17-26-59(51-57)90-92-75-50-49-56-23-7-8-32-66(56)88(75)89(93-90)60-53-64(96-78-43-15-11-35-73(78)86-69(39-21-47-82(86)96)67-37-19-45-80-84(67)71-33-9-13-41-76(71)94(80)62-28-3-1-4-29-62)55-65(54-60)97-79-44-16-12-36-74(79)87-70(40-22-48-83(87)97)68-38-20-46-81-85(68)72-34-10-14-42-77(72)95(81)63-30-5-2-6-31-63/h1-55,89-90,92-93H. The molecule has 1 aliphatic heterocycles. The molecule has 0 bridgehead atoms. The van der Waals surface area contributed by atoms with Gasteiger partial charge in [-0.1, -0.05) is 218 Å². The molecule has 1 aliphatic rings. The molecule has 0 spiro atoms. The lowest BCUT2D eigenvalue weighted by Crippen LogP contribution is -2.37. The van der Waals surface area contributed by atoms with Crippen LogP contribution in [0.2, 0.25) is 0 Å². The van der Waals surface area contributed by atoms with E-state index in [2.05, 4.69) is 338 Å². The SMILES string of the molecule is Fc1cccc(-c2cccc(C3Nc4ccc5ccccc5c4C(c4cc(-n5c6ccccc6c6c(-c7cccc8c7c7ccccc7n8-c7ccccc7)cccc65)cc(-n5c6ccccc6c6c(-c7cccc8c7c7ccccc7n8-c7ccccc7)cccc65)c4)N3)c2)c1. The Morgan fingerprint density at radius 2 is 0.649 bits per heavy atom. The van der Waals surface area contributed by atoms with Crippen LogP contribution < -0.4 is 10.6 Å². The fraction of sp³-hybridized carbons (Fsp3) is 0.0222. The maximum absolute atomic E-state index is 14.9. The van der Waals surface area contributed by atoms with Crippen molar-refractivity contribution >= 4 is 104 Å². The molecule has 5 heterocycles. The normalized spacial score (nSPS) is 14.1. The van der Waals surface area contributed by atoms with Crippen molar-refractivity contribution in [3.05, 3.63) is 356 Å². The third kappa shape index (κ3) is 8.48. The predicted octanol–water partition coefficient (Wildman–Crippen LogP) is 23.2. The number of para-hydroxylation sites is 6. The zero-order valence-electron chi connectivity index (χ0n) is 52.6. The number of halogens is 1. The molecule has 0 amide bonds. The third-order valence-electron chi connectivity index (χ3n) is 20.4. The number of benzene rings is 15. The van der Waals surface area contributed by atoms with E-state index in [1.165, 1.54) is 88.0 Å². The maximum Gasteiger partial charge on any atom is 0.123 e. The van der Waals surface area contributed by atoms with Gasteiger partial charge in [0.1, 0.15) is 12.0 Å². The Morgan fingerprint density at radius 1 is 0.268 bits per heavy atom. The van der Waals surface area contributed by atoms with E-state index in [0.717, 1.165) is 94.6 Å². The molecule has 0 fully saturated rings. The zero-order chi connectivity index (χ0) is 63.8. The highest BCUT2D eigenvalue weighted by Gasteiger charge is 2.32. The molecule has 456 valence electrons. The van der Waals surface area contributed by atoms with Gasteiger partial charge in [0, 0.05) is 77.1 Å². The van der Waals surface area contributed by atoms with Gasteiger partial charge in [-0.15, -0.1) is 0 Å². The molecule has 6 nitrogen and oxygen atoms in total. The van der Waals surface area contributed by atoms with Crippen LogP contribution in [0.25, 0.3) is 154 Å². The summed E-state index contributed by atoms with van der Waals surface area (Å²) in [5, 5.41) is 20.2. The second kappa shape index (κ2) is 21.8. The number of fused-ring (bicyclic) bond motifs is 15. The van der Waals surface area contributed by atoms with Crippen LogP contribution in [0.5, 0.6) is 0 Å². The summed E-state index contributed by atoms with van der Waals surface area (Å²) >= 11 is 0. The number of rotatable bonds is 9. The third-order valence-corrected chi connectivity index (χ3v) is 20.4. The summed E-state index contributed by atoms with van der Waals surface area (Å²) in [5.74, 6) is -0.263. The Kier molecular flexibility index (Phi) is 12.3. The number of nitrogens with zero attached hydrogens (tertiary/aromatic N) is 4. The van der Waals surface area contributed by atoms with Crippen LogP contribution in [-0.4, -0.2) is 18.3 Å². The fourth-order valence-electron chi connectivity index (χ4n) is 16.5. The van der Waals surface area contributed by atoms with E-state index >= 15 is 0 Å². The molecule has 0 saturated carbocycles. The smallest absolute Gasteiger partial charge is 0.123 e. The van der Waals surface area contributed by atoms with Crippen LogP contribution in [0.1, 0.15) is 28.9 Å². The minimum Gasteiger partial charge on any atom is -0.366 e. The first-order valence-corrected chi connectivity index (χ1v) is 33.3. The Morgan fingerprint density at radius 3 is 1.11 bits per heavy atom. The summed E-state index contributed by atoms with van der Waals surface area (Å²) in [7, 11) is 0. The average Bonchev–Trinajstić information content (AvgIpc) is 1.68. The molecular formula is C90H59FN6. The van der Waals surface area contributed by atoms with Gasteiger partial charge in [0.2, 0.25) is 0 Å². The van der Waals surface area contributed by atoms with Gasteiger partial charge >= 0.3 is 0 Å². The van der Waals surface area contributed by atoms with Crippen LogP contribution in [0.4, 0.5) is 10.1 Å². The first-order valence-electron chi connectivity index (χ1n) is 33.3. The van der Waals surface area contributed by atoms with Gasteiger partial charge in [0.15, 0.2) is 0 Å². The fourth-order valence-corrected chi connectivity index (χ4v) is 16.5. The van der Waals surface area contributed by atoms with E-state index in [1.54, 1.807) is 12.1 Å². The van der Waals surface area contributed by atoms with Crippen molar-refractivity contribution in [2.24, 2.45) is 0 Å². The van der Waals surface area contributed by atoms with E-state index in [4.69, 9.17) is 0 Å². The van der Waals surface area contributed by atoms with Crippen LogP contribution in [-0.2, 0) is 0 Å². The Balaban J connectivity index is 0.858. The van der Waals surface area contributed by atoms with Crippen LogP contribution in [0.3, 0.4) is 0 Å². The summed E-state index contributed by atoms with van der Waals surface area (Å²) in [4.78, 5) is 0. The van der Waals surface area contributed by atoms with Gasteiger partial charge in [-0.05, 0) is 171 Å². The molecule has 15 aromatic carbocycles. The van der Waals surface area contributed by atoms with Crippen molar-refractivity contribution in [3.8, 4) is 56.1 Å². The first kappa shape index (κ1) is 55.0. The Labute approximate surface area is 558 Å². The number of anilines is 1. The number of hydrogen-bond acceptors (Lipinski definition) is 2. The van der Waals surface area contributed by atoms with Crippen molar-refractivity contribution in [2.45, 2.75) is 12.2 Å². The summed E-state index contributed by atoms with van der Waals surface area (Å²) in [5.41, 5.74) is 24.2. The highest BCUT2D eigenvalue weighted by atomic mass is 19.1. The molecule has 0 radical (unpaired) electrons. The Hall–Kier alpha value is -12.6. The van der Waals surface area contributed by atoms with Crippen LogP contribution in [0, 0.1) is 5.82 Å². The quantitative estimate of drug-likeness (QED) is 0.151. The van der Waals surface area contributed by atoms with Gasteiger partial charge in [0.05, 0.1) is 50.2 Å². The molecule has 97 heavy (non-hydrogen) atoms. The number of hydrogen-bond donors (Lipinski definition) is 2. The summed E-state index contributed by atoms with van der Waals surface area (Å²) in [6, 6.07) is 120. The van der Waals surface area contributed by atoms with Crippen molar-refractivity contribution in [2.75, 3.05) is 5.32 Å².